The number of β-amino-alcohol motifs (C(OH)–C–C–N with tert-alkyl or cyclic N) is 1. The lowest BCUT2D eigenvalue weighted by Gasteiger charge is -2.38. The highest BCUT2D eigenvalue weighted by Gasteiger charge is 2.32. The zero-order chi connectivity index (χ0) is 18.1. The molecule has 1 fully saturated rings. The zero-order valence-electron chi connectivity index (χ0n) is 15.0. The second kappa shape index (κ2) is 7.08. The summed E-state index contributed by atoms with van der Waals surface area (Å²) in [5.41, 5.74) is 3.44. The van der Waals surface area contributed by atoms with Gasteiger partial charge in [0.1, 0.15) is 5.60 Å². The standard InChI is InChI=1S/C21H24N2O2S/c1-15-5-6-16-11-17(12-23-8-3-7-21(25,13-23)14-24)20(22-18(16)10-15)19-4-2-9-26-19/h2,4-6,9-11,24-25H,3,7-8,12-14H2,1H3/t21-/m1/s1. The van der Waals surface area contributed by atoms with Crippen molar-refractivity contribution in [1.82, 2.24) is 9.88 Å². The van der Waals surface area contributed by atoms with Crippen LogP contribution in [0.5, 0.6) is 0 Å². The van der Waals surface area contributed by atoms with Crippen LogP contribution in [0.4, 0.5) is 0 Å². The molecule has 0 unspecified atom stereocenters. The van der Waals surface area contributed by atoms with Gasteiger partial charge in [0.2, 0.25) is 0 Å². The first-order valence-corrected chi connectivity index (χ1v) is 9.94. The Labute approximate surface area is 157 Å². The Hall–Kier alpha value is -1.79. The van der Waals surface area contributed by atoms with E-state index in [1.54, 1.807) is 11.3 Å². The van der Waals surface area contributed by atoms with E-state index in [0.717, 1.165) is 41.0 Å². The number of piperidine rings is 1. The number of likely N-dealkylation sites (tertiary alicyclic amines) is 1. The van der Waals surface area contributed by atoms with E-state index in [2.05, 4.69) is 53.6 Å². The predicted octanol–water partition coefficient (Wildman–Crippen LogP) is 3.59. The highest BCUT2D eigenvalue weighted by molar-refractivity contribution is 7.13. The van der Waals surface area contributed by atoms with E-state index in [-0.39, 0.29) is 6.61 Å². The average molecular weight is 369 g/mol. The minimum Gasteiger partial charge on any atom is -0.393 e. The Balaban J connectivity index is 1.73. The van der Waals surface area contributed by atoms with Crippen LogP contribution in [-0.4, -0.2) is 45.4 Å². The number of thiophene rings is 1. The molecular formula is C21H24N2O2S. The molecule has 0 bridgehead atoms. The molecule has 5 heteroatoms. The molecule has 136 valence electrons. The van der Waals surface area contributed by atoms with Crippen molar-refractivity contribution < 1.29 is 10.2 Å². The molecule has 1 saturated heterocycles. The van der Waals surface area contributed by atoms with Gasteiger partial charge >= 0.3 is 0 Å². The maximum absolute atomic E-state index is 10.5. The number of pyridine rings is 1. The SMILES string of the molecule is Cc1ccc2cc(CN3CCC[C@](O)(CO)C3)c(-c3cccs3)nc2c1. The number of aryl methyl sites for hydroxylation is 1. The fourth-order valence-corrected chi connectivity index (χ4v) is 4.53. The molecule has 0 amide bonds. The first-order chi connectivity index (χ1) is 12.6. The number of hydrogen-bond donors (Lipinski definition) is 2. The van der Waals surface area contributed by atoms with Gasteiger partial charge in [-0.1, -0.05) is 18.2 Å². The number of hydrogen-bond acceptors (Lipinski definition) is 5. The number of benzene rings is 1. The van der Waals surface area contributed by atoms with Crippen molar-refractivity contribution in [2.24, 2.45) is 0 Å². The Bertz CT molecular complexity index is 910. The third-order valence-corrected chi connectivity index (χ3v) is 6.01. The second-order valence-electron chi connectivity index (χ2n) is 7.37. The van der Waals surface area contributed by atoms with Crippen LogP contribution in [0.2, 0.25) is 0 Å². The summed E-state index contributed by atoms with van der Waals surface area (Å²) in [6, 6.07) is 12.8. The lowest BCUT2D eigenvalue weighted by atomic mass is 9.93. The number of aliphatic hydroxyl groups is 2. The molecule has 0 spiro atoms. The Kier molecular flexibility index (Phi) is 4.80. The van der Waals surface area contributed by atoms with Crippen LogP contribution < -0.4 is 0 Å². The summed E-state index contributed by atoms with van der Waals surface area (Å²) in [5, 5.41) is 23.2. The normalized spacial score (nSPS) is 21.3. The average Bonchev–Trinajstić information content (AvgIpc) is 3.16. The largest absolute Gasteiger partial charge is 0.393 e. The summed E-state index contributed by atoms with van der Waals surface area (Å²) >= 11 is 1.70. The summed E-state index contributed by atoms with van der Waals surface area (Å²) in [6.07, 6.45) is 1.55. The van der Waals surface area contributed by atoms with E-state index >= 15 is 0 Å². The molecule has 1 aromatic carbocycles. The van der Waals surface area contributed by atoms with Crippen molar-refractivity contribution in [3.63, 3.8) is 0 Å². The van der Waals surface area contributed by atoms with Gasteiger partial charge in [0.05, 0.1) is 22.7 Å². The van der Waals surface area contributed by atoms with Gasteiger partial charge in [0.25, 0.3) is 0 Å². The lowest BCUT2D eigenvalue weighted by molar-refractivity contribution is -0.0686. The smallest absolute Gasteiger partial charge is 0.100 e. The molecular weight excluding hydrogens is 344 g/mol. The van der Waals surface area contributed by atoms with E-state index in [1.165, 1.54) is 11.1 Å². The first kappa shape index (κ1) is 17.6. The molecule has 1 aliphatic heterocycles. The molecule has 1 aliphatic rings. The highest BCUT2D eigenvalue weighted by atomic mass is 32.1. The highest BCUT2D eigenvalue weighted by Crippen LogP contribution is 2.31. The van der Waals surface area contributed by atoms with Crippen molar-refractivity contribution in [2.75, 3.05) is 19.7 Å². The van der Waals surface area contributed by atoms with Crippen molar-refractivity contribution in [1.29, 1.82) is 0 Å². The van der Waals surface area contributed by atoms with Gasteiger partial charge in [-0.25, -0.2) is 4.98 Å². The molecule has 3 aromatic rings. The summed E-state index contributed by atoms with van der Waals surface area (Å²) in [7, 11) is 0. The lowest BCUT2D eigenvalue weighted by Crippen LogP contribution is -2.50. The van der Waals surface area contributed by atoms with E-state index in [4.69, 9.17) is 4.98 Å². The molecule has 4 rings (SSSR count). The molecule has 0 radical (unpaired) electrons. The second-order valence-corrected chi connectivity index (χ2v) is 8.31. The van der Waals surface area contributed by atoms with Crippen LogP contribution in [-0.2, 0) is 6.54 Å². The Morgan fingerprint density at radius 2 is 2.15 bits per heavy atom. The molecule has 0 aliphatic carbocycles. The van der Waals surface area contributed by atoms with Gasteiger partial charge in [-0.05, 0) is 61.0 Å². The monoisotopic (exact) mass is 368 g/mol. The summed E-state index contributed by atoms with van der Waals surface area (Å²) in [6.45, 7) is 4.06. The predicted molar refractivity (Wildman–Crippen MR) is 106 cm³/mol. The summed E-state index contributed by atoms with van der Waals surface area (Å²) in [5.74, 6) is 0. The molecule has 0 saturated carbocycles. The third kappa shape index (κ3) is 3.53. The van der Waals surface area contributed by atoms with E-state index < -0.39 is 5.60 Å². The number of rotatable bonds is 4. The first-order valence-electron chi connectivity index (χ1n) is 9.06. The Morgan fingerprint density at radius 1 is 1.27 bits per heavy atom. The number of nitrogens with zero attached hydrogens (tertiary/aromatic N) is 2. The van der Waals surface area contributed by atoms with Crippen LogP contribution >= 0.6 is 11.3 Å². The molecule has 26 heavy (non-hydrogen) atoms. The molecule has 4 nitrogen and oxygen atoms in total. The number of aromatic nitrogens is 1. The third-order valence-electron chi connectivity index (χ3n) is 5.13. The van der Waals surface area contributed by atoms with Crippen LogP contribution in [0.1, 0.15) is 24.0 Å². The quantitative estimate of drug-likeness (QED) is 0.739. The topological polar surface area (TPSA) is 56.6 Å². The van der Waals surface area contributed by atoms with Crippen LogP contribution in [0.15, 0.2) is 41.8 Å². The number of fused-ring (bicyclic) bond motifs is 1. The van der Waals surface area contributed by atoms with Crippen molar-refractivity contribution in [3.8, 4) is 10.6 Å². The van der Waals surface area contributed by atoms with E-state index in [0.29, 0.717) is 13.0 Å². The molecule has 1 atom stereocenters. The maximum Gasteiger partial charge on any atom is 0.100 e. The fraction of sp³-hybridized carbons (Fsp3) is 0.381. The number of aliphatic hydroxyl groups excluding tert-OH is 1. The van der Waals surface area contributed by atoms with Gasteiger partial charge in [-0.3, -0.25) is 4.90 Å². The van der Waals surface area contributed by atoms with Gasteiger partial charge < -0.3 is 10.2 Å². The summed E-state index contributed by atoms with van der Waals surface area (Å²) < 4.78 is 0. The van der Waals surface area contributed by atoms with Crippen LogP contribution in [0, 0.1) is 6.92 Å². The fourth-order valence-electron chi connectivity index (χ4n) is 3.78. The zero-order valence-corrected chi connectivity index (χ0v) is 15.8. The van der Waals surface area contributed by atoms with Gasteiger partial charge in [-0.2, -0.15) is 0 Å². The van der Waals surface area contributed by atoms with E-state index in [9.17, 15) is 10.2 Å². The summed E-state index contributed by atoms with van der Waals surface area (Å²) in [4.78, 5) is 8.37. The molecule has 2 N–H and O–H groups in total. The van der Waals surface area contributed by atoms with Crippen molar-refractivity contribution in [3.05, 3.63) is 52.9 Å². The van der Waals surface area contributed by atoms with Gasteiger partial charge in [0, 0.05) is 18.5 Å². The Morgan fingerprint density at radius 3 is 2.92 bits per heavy atom. The van der Waals surface area contributed by atoms with Crippen molar-refractivity contribution >= 4 is 22.2 Å². The van der Waals surface area contributed by atoms with Crippen LogP contribution in [0.3, 0.4) is 0 Å². The van der Waals surface area contributed by atoms with Crippen LogP contribution in [0.25, 0.3) is 21.5 Å². The van der Waals surface area contributed by atoms with Gasteiger partial charge in [0.15, 0.2) is 0 Å². The van der Waals surface area contributed by atoms with Crippen molar-refractivity contribution in [2.45, 2.75) is 31.9 Å². The van der Waals surface area contributed by atoms with Gasteiger partial charge in [-0.15, -0.1) is 11.3 Å². The minimum absolute atomic E-state index is 0.184. The molecule has 2 aromatic heterocycles. The molecule has 3 heterocycles. The minimum atomic E-state index is -0.983. The van der Waals surface area contributed by atoms with E-state index in [1.807, 2.05) is 0 Å². The maximum atomic E-state index is 10.5.